The molecule has 6 aromatic rings. The summed E-state index contributed by atoms with van der Waals surface area (Å²) in [7, 11) is 0.922. The number of carbonyl (C=O) groups excluding carboxylic acids is 3. The van der Waals surface area contributed by atoms with E-state index in [0.717, 1.165) is 95.5 Å². The summed E-state index contributed by atoms with van der Waals surface area (Å²) >= 11 is 0. The van der Waals surface area contributed by atoms with Crippen LogP contribution in [0.2, 0.25) is 16.6 Å². The first-order valence-corrected chi connectivity index (χ1v) is 37.5. The Labute approximate surface area is 564 Å². The number of piperazine rings is 1. The predicted octanol–water partition coefficient (Wildman–Crippen LogP) is 12.4. The van der Waals surface area contributed by atoms with Crippen molar-refractivity contribution in [3.05, 3.63) is 76.3 Å². The number of nitrogens with one attached hydrogen (secondary N) is 1. The molecule has 516 valence electrons. The Bertz CT molecular complexity index is 3980. The number of amides is 3. The molecule has 3 aromatic carbocycles. The van der Waals surface area contributed by atoms with Crippen molar-refractivity contribution >= 4 is 70.2 Å². The van der Waals surface area contributed by atoms with E-state index in [0.29, 0.717) is 93.3 Å². The third-order valence-electron chi connectivity index (χ3n) is 22.2. The molecule has 9 heterocycles. The SMILES string of the molecule is COCOc1cc(-c2ncc3c(N4CC5CCC(C4)N5C(=O)OC(C)(C)C)nc(OCCN4CCC(C)(CC5CCN(CC6CCN(c7ccc8c(c7)n(C)c(=O)n8C7CCC(=O)NC7=O)CC6)CC5)CC4)nc3c2F)c2c(C#C[Si](C(C)C)(C(C)C)C(C)C)c(F)ccc2c1. The van der Waals surface area contributed by atoms with Crippen LogP contribution in [0.15, 0.2) is 53.5 Å². The van der Waals surface area contributed by atoms with Gasteiger partial charge < -0.3 is 33.6 Å². The molecule has 6 aliphatic rings. The summed E-state index contributed by atoms with van der Waals surface area (Å²) in [6.45, 7) is 30.3. The first-order valence-electron chi connectivity index (χ1n) is 35.2. The lowest BCUT2D eigenvalue weighted by molar-refractivity contribution is -0.135. The van der Waals surface area contributed by atoms with Crippen molar-refractivity contribution in [1.82, 2.24) is 44.1 Å². The Balaban J connectivity index is 0.710. The Morgan fingerprint density at radius 3 is 2.15 bits per heavy atom. The van der Waals surface area contributed by atoms with Crippen LogP contribution in [-0.2, 0) is 26.1 Å². The molecular weight excluding hydrogens is 1240 g/mol. The molecule has 12 rings (SSSR count). The minimum absolute atomic E-state index is 0.0130. The number of hydrogen-bond acceptors (Lipinski definition) is 15. The average molecular weight is 1340 g/mol. The van der Waals surface area contributed by atoms with Crippen LogP contribution >= 0.6 is 0 Å². The number of benzene rings is 3. The van der Waals surface area contributed by atoms with E-state index in [1.165, 1.54) is 32.4 Å². The molecule has 22 heteroatoms. The van der Waals surface area contributed by atoms with E-state index in [4.69, 9.17) is 33.9 Å². The van der Waals surface area contributed by atoms with Crippen LogP contribution < -0.4 is 30.3 Å². The number of aromatic nitrogens is 5. The summed E-state index contributed by atoms with van der Waals surface area (Å²) in [5, 5.41) is 3.82. The fourth-order valence-electron chi connectivity index (χ4n) is 17.1. The van der Waals surface area contributed by atoms with E-state index in [1.807, 2.05) is 31.7 Å². The number of likely N-dealkylation sites (tertiary alicyclic amines) is 2. The second-order valence-electron chi connectivity index (χ2n) is 30.6. The lowest BCUT2D eigenvalue weighted by Crippen LogP contribution is -2.57. The highest BCUT2D eigenvalue weighted by Gasteiger charge is 2.46. The second-order valence-corrected chi connectivity index (χ2v) is 36.2. The molecule has 6 aliphatic heterocycles. The average Bonchev–Trinajstić information content (AvgIpc) is 1.29. The van der Waals surface area contributed by atoms with Gasteiger partial charge >= 0.3 is 17.8 Å². The van der Waals surface area contributed by atoms with Gasteiger partial charge in [-0.15, -0.1) is 5.54 Å². The lowest BCUT2D eigenvalue weighted by Gasteiger charge is -2.43. The molecule has 6 fully saturated rings. The van der Waals surface area contributed by atoms with Crippen LogP contribution in [0, 0.1) is 40.3 Å². The number of ether oxygens (including phenoxy) is 4. The van der Waals surface area contributed by atoms with Gasteiger partial charge in [-0.2, -0.15) is 9.97 Å². The van der Waals surface area contributed by atoms with Crippen LogP contribution in [-0.4, -0.2) is 168 Å². The topological polar surface area (TPSA) is 182 Å². The molecule has 3 amide bonds. The molecule has 0 spiro atoms. The third kappa shape index (κ3) is 14.0. The Hall–Kier alpha value is -7.19. The van der Waals surface area contributed by atoms with Crippen LogP contribution in [0.1, 0.15) is 151 Å². The van der Waals surface area contributed by atoms with Gasteiger partial charge in [0.05, 0.1) is 34.1 Å². The summed E-state index contributed by atoms with van der Waals surface area (Å²) in [5.41, 5.74) is 6.97. The number of aryl methyl sites for hydroxylation is 1. The van der Waals surface area contributed by atoms with E-state index in [9.17, 15) is 19.2 Å². The maximum absolute atomic E-state index is 18.2. The first-order chi connectivity index (χ1) is 45.8. The lowest BCUT2D eigenvalue weighted by atomic mass is 9.72. The molecule has 3 atom stereocenters. The quantitative estimate of drug-likeness (QED) is 0.0371. The number of hydrogen-bond donors (Lipinski definition) is 1. The van der Waals surface area contributed by atoms with Crippen molar-refractivity contribution in [2.24, 2.45) is 24.3 Å². The second kappa shape index (κ2) is 28.0. The van der Waals surface area contributed by atoms with Crippen molar-refractivity contribution in [2.75, 3.05) is 95.8 Å². The van der Waals surface area contributed by atoms with Gasteiger partial charge in [-0.3, -0.25) is 38.8 Å². The van der Waals surface area contributed by atoms with E-state index < -0.39 is 37.3 Å². The number of methoxy groups -OCH3 is 1. The maximum atomic E-state index is 18.2. The van der Waals surface area contributed by atoms with Gasteiger partial charge in [-0.1, -0.05) is 60.5 Å². The number of pyridine rings is 1. The monoisotopic (exact) mass is 1340 g/mol. The van der Waals surface area contributed by atoms with Gasteiger partial charge in [-0.05, 0) is 187 Å². The van der Waals surface area contributed by atoms with E-state index in [2.05, 4.69) is 97.0 Å². The minimum atomic E-state index is -2.35. The van der Waals surface area contributed by atoms with Crippen molar-refractivity contribution in [3.63, 3.8) is 0 Å². The van der Waals surface area contributed by atoms with E-state index in [1.54, 1.807) is 40.6 Å². The van der Waals surface area contributed by atoms with Crippen molar-refractivity contribution in [3.8, 4) is 34.5 Å². The summed E-state index contributed by atoms with van der Waals surface area (Å²) < 4.78 is 61.8. The number of rotatable bonds is 18. The summed E-state index contributed by atoms with van der Waals surface area (Å²) in [6, 6.07) is 11.7. The number of imidazole rings is 1. The number of carbonyl (C=O) groups is 3. The van der Waals surface area contributed by atoms with Crippen LogP contribution in [0.3, 0.4) is 0 Å². The molecule has 19 nitrogen and oxygen atoms in total. The fraction of sp³-hybridized carbons (Fsp3) is 0.608. The highest BCUT2D eigenvalue weighted by molar-refractivity contribution is 6.90. The number of halogens is 2. The normalized spacial score (nSPS) is 21.1. The molecule has 1 N–H and O–H groups in total. The molecule has 0 radical (unpaired) electrons. The van der Waals surface area contributed by atoms with Gasteiger partial charge in [0.15, 0.2) is 12.6 Å². The molecule has 6 saturated heterocycles. The van der Waals surface area contributed by atoms with Crippen molar-refractivity contribution in [1.29, 1.82) is 0 Å². The molecule has 0 aliphatic carbocycles. The number of piperidine rings is 4. The third-order valence-corrected chi connectivity index (χ3v) is 28.5. The zero-order valence-corrected chi connectivity index (χ0v) is 59.5. The van der Waals surface area contributed by atoms with Gasteiger partial charge in [0.1, 0.15) is 54.9 Å². The summed E-state index contributed by atoms with van der Waals surface area (Å²) in [6.07, 6.45) is 11.4. The van der Waals surface area contributed by atoms with Crippen LogP contribution in [0.4, 0.5) is 25.1 Å². The zero-order valence-electron chi connectivity index (χ0n) is 58.5. The number of anilines is 2. The summed E-state index contributed by atoms with van der Waals surface area (Å²) in [4.78, 5) is 78.0. The van der Waals surface area contributed by atoms with Crippen LogP contribution in [0.25, 0.3) is 44.0 Å². The maximum Gasteiger partial charge on any atom is 0.410 e. The minimum Gasteiger partial charge on any atom is -0.468 e. The Morgan fingerprint density at radius 2 is 1.49 bits per heavy atom. The molecule has 3 aromatic heterocycles. The largest absolute Gasteiger partial charge is 0.468 e. The van der Waals surface area contributed by atoms with Gasteiger partial charge in [-0.25, -0.2) is 18.4 Å². The summed E-state index contributed by atoms with van der Waals surface area (Å²) in [5.74, 6) is 3.62. The van der Waals surface area contributed by atoms with Crippen molar-refractivity contribution < 1.29 is 42.1 Å². The number of imide groups is 1. The van der Waals surface area contributed by atoms with Crippen molar-refractivity contribution in [2.45, 2.75) is 180 Å². The Kier molecular flexibility index (Phi) is 20.0. The van der Waals surface area contributed by atoms with Gasteiger partial charge in [0.25, 0.3) is 0 Å². The van der Waals surface area contributed by atoms with E-state index in [-0.39, 0.29) is 77.8 Å². The number of nitrogens with zero attached hydrogens (tertiary/aromatic N) is 10. The fourth-order valence-corrected chi connectivity index (χ4v) is 22.3. The number of fused-ring (bicyclic) bond motifs is 5. The molecule has 3 unspecified atom stereocenters. The standard InChI is InChI=1S/C74H99F2N11O8Si/c1-46(2)96(47(3)4,48(5)6)36-25-56-59(75)17-13-51-37-55(94-45-92-12)39-57(64(51)56)66-65(76)67-58(41-77-66)68(85-43-53-14-15-54(44-85)86(53)72(91)95-73(7,8)9)80-70(79-67)93-35-34-82-32-26-74(10,27-33-82)40-49-21-28-83(29-22-49)42-50-23-30-84(31-24-50)52-16-18-60-62(38-52)81(11)71(90)87(60)61-19-20-63(88)78-69(61)89/h13,16-18,37-39,41,46-50,53-54,61H,14-15,19-24,26-35,40,42-45H2,1-12H3,(H,78,88,89). The smallest absolute Gasteiger partial charge is 0.410 e. The predicted molar refractivity (Wildman–Crippen MR) is 374 cm³/mol. The molecule has 2 bridgehead atoms. The van der Waals surface area contributed by atoms with E-state index >= 15 is 8.78 Å². The molecule has 0 saturated carbocycles. The van der Waals surface area contributed by atoms with Gasteiger partial charge in [0.2, 0.25) is 11.8 Å². The highest BCUT2D eigenvalue weighted by atomic mass is 28.3. The molecular formula is C74H99F2N11O8Si. The zero-order chi connectivity index (χ0) is 68.1. The molecule has 96 heavy (non-hydrogen) atoms. The highest BCUT2D eigenvalue weighted by Crippen LogP contribution is 2.45. The Morgan fingerprint density at radius 1 is 0.802 bits per heavy atom. The van der Waals surface area contributed by atoms with Gasteiger partial charge in [0, 0.05) is 82.7 Å². The first kappa shape index (κ1) is 68.7. The van der Waals surface area contributed by atoms with Crippen LogP contribution in [0.5, 0.6) is 11.8 Å².